The van der Waals surface area contributed by atoms with Crippen molar-refractivity contribution >= 4 is 18.0 Å². The molecule has 33 heavy (non-hydrogen) atoms. The molecule has 0 saturated heterocycles. The van der Waals surface area contributed by atoms with Crippen molar-refractivity contribution in [3.05, 3.63) is 54.1 Å². The van der Waals surface area contributed by atoms with Crippen LogP contribution in [-0.2, 0) is 19.6 Å². The molecular weight excluding hydrogens is 455 g/mol. The van der Waals surface area contributed by atoms with Crippen LogP contribution in [-0.4, -0.2) is 43.9 Å². The van der Waals surface area contributed by atoms with Crippen LogP contribution < -0.4 is 4.74 Å². The number of rotatable bonds is 7. The number of hydrogen-bond donors (Lipinski definition) is 1. The predicted molar refractivity (Wildman–Crippen MR) is 135 cm³/mol. The van der Waals surface area contributed by atoms with E-state index in [0.717, 1.165) is 25.7 Å². The predicted octanol–water partition coefficient (Wildman–Crippen LogP) is 6.39. The quantitative estimate of drug-likeness (QED) is 0.352. The lowest BCUT2D eigenvalue weighted by Gasteiger charge is -2.55. The van der Waals surface area contributed by atoms with Crippen molar-refractivity contribution in [1.82, 2.24) is 0 Å². The maximum Gasteiger partial charge on any atom is 0.282 e. The van der Waals surface area contributed by atoms with Crippen molar-refractivity contribution in [3.63, 3.8) is 0 Å². The number of para-hydroxylation sites is 1. The Hall–Kier alpha value is -1.20. The van der Waals surface area contributed by atoms with E-state index in [9.17, 15) is 13.0 Å². The molecule has 1 aromatic carbocycles. The molecule has 2 unspecified atom stereocenters. The summed E-state index contributed by atoms with van der Waals surface area (Å²) in [6.07, 6.45) is 18.8. The summed E-state index contributed by atoms with van der Waals surface area (Å²) in [6.45, 7) is 0. The minimum absolute atomic E-state index is 0.406. The molecular formula is C26H37O5PS. The first-order valence-corrected chi connectivity index (χ1v) is 15.1. The summed E-state index contributed by atoms with van der Waals surface area (Å²) in [5, 5.41) is -1.18. The summed E-state index contributed by atoms with van der Waals surface area (Å²) in [4.78, 5) is 0. The van der Waals surface area contributed by atoms with Crippen LogP contribution in [0.4, 0.5) is 0 Å². The number of benzene rings is 1. The van der Waals surface area contributed by atoms with E-state index < -0.39 is 28.1 Å². The van der Waals surface area contributed by atoms with Gasteiger partial charge in [-0.1, -0.05) is 82.9 Å². The average Bonchev–Trinajstić information content (AvgIpc) is 2.85. The van der Waals surface area contributed by atoms with Crippen molar-refractivity contribution in [2.45, 2.75) is 85.6 Å². The van der Waals surface area contributed by atoms with Crippen LogP contribution >= 0.6 is 7.92 Å². The Kier molecular flexibility index (Phi) is 7.69. The fourth-order valence-corrected chi connectivity index (χ4v) is 12.9. The van der Waals surface area contributed by atoms with Crippen LogP contribution in [0.5, 0.6) is 5.75 Å². The van der Waals surface area contributed by atoms with Crippen LogP contribution in [0.15, 0.2) is 48.6 Å². The van der Waals surface area contributed by atoms with Gasteiger partial charge in [0.15, 0.2) is 4.75 Å². The minimum Gasteiger partial charge on any atom is -0.496 e. The van der Waals surface area contributed by atoms with Gasteiger partial charge in [-0.3, -0.25) is 4.55 Å². The molecule has 0 amide bonds. The van der Waals surface area contributed by atoms with E-state index in [2.05, 4.69) is 0 Å². The molecule has 2 saturated carbocycles. The highest BCUT2D eigenvalue weighted by Gasteiger charge is 2.66. The van der Waals surface area contributed by atoms with Crippen LogP contribution in [0.1, 0.15) is 69.8 Å². The van der Waals surface area contributed by atoms with Gasteiger partial charge in [0.25, 0.3) is 10.1 Å². The molecule has 0 aromatic heterocycles. The lowest BCUT2D eigenvalue weighted by atomic mass is 9.87. The summed E-state index contributed by atoms with van der Waals surface area (Å²) in [5.41, 5.74) is 1.25. The third kappa shape index (κ3) is 4.22. The van der Waals surface area contributed by atoms with E-state index in [0.29, 0.717) is 22.6 Å². The van der Waals surface area contributed by atoms with Crippen molar-refractivity contribution in [1.29, 1.82) is 0 Å². The minimum atomic E-state index is -4.64. The third-order valence-electron chi connectivity index (χ3n) is 7.84. The van der Waals surface area contributed by atoms with Crippen LogP contribution in [0, 0.1) is 0 Å². The van der Waals surface area contributed by atoms with E-state index in [1.165, 1.54) is 38.5 Å². The van der Waals surface area contributed by atoms with Crippen molar-refractivity contribution < 1.29 is 22.4 Å². The standard InChI is InChI=1S/C26H37O5PS/c1-30-24-18-10-9-17-23(24)25(33(27,28)29)19-11-12-20-26(25,31-2)32(21-13-5-3-6-14-21)22-15-7-4-8-16-22/h9-12,17-22H,3-8,13-16H2,1-2H3,(H,27,28,29). The molecule has 4 rings (SSSR count). The van der Waals surface area contributed by atoms with Gasteiger partial charge in [-0.05, 0) is 49.1 Å². The summed E-state index contributed by atoms with van der Waals surface area (Å²) in [7, 11) is -2.42. The lowest BCUT2D eigenvalue weighted by molar-refractivity contribution is 0.0720. The van der Waals surface area contributed by atoms with Gasteiger partial charge in [0, 0.05) is 12.7 Å². The van der Waals surface area contributed by atoms with Crippen LogP contribution in [0.2, 0.25) is 0 Å². The summed E-state index contributed by atoms with van der Waals surface area (Å²) >= 11 is 0. The zero-order valence-electron chi connectivity index (χ0n) is 19.8. The number of allylic oxidation sites excluding steroid dienone is 2. The van der Waals surface area contributed by atoms with E-state index in [4.69, 9.17) is 9.47 Å². The van der Waals surface area contributed by atoms with Gasteiger partial charge >= 0.3 is 0 Å². The zero-order chi connectivity index (χ0) is 23.5. The topological polar surface area (TPSA) is 72.8 Å². The van der Waals surface area contributed by atoms with Gasteiger partial charge in [-0.15, -0.1) is 0 Å². The van der Waals surface area contributed by atoms with Gasteiger partial charge in [-0.2, -0.15) is 8.42 Å². The first kappa shape index (κ1) is 24.9. The first-order valence-electron chi connectivity index (χ1n) is 12.2. The Bertz CT molecular complexity index is 960. The van der Waals surface area contributed by atoms with E-state index in [1.807, 2.05) is 18.2 Å². The number of methoxy groups -OCH3 is 2. The monoisotopic (exact) mass is 492 g/mol. The molecule has 0 heterocycles. The second-order valence-corrected chi connectivity index (χ2v) is 14.1. The second-order valence-electron chi connectivity index (χ2n) is 9.52. The SMILES string of the molecule is COc1ccccc1C1(S(=O)(=O)O)C=CC=CC1(OC)P(C1CCCCC1)C1CCCCC1. The highest BCUT2D eigenvalue weighted by Crippen LogP contribution is 2.71. The second kappa shape index (κ2) is 10.2. The largest absolute Gasteiger partial charge is 0.496 e. The van der Waals surface area contributed by atoms with Gasteiger partial charge in [-0.25, -0.2) is 0 Å². The Morgan fingerprint density at radius 1 is 0.879 bits per heavy atom. The van der Waals surface area contributed by atoms with Crippen molar-refractivity contribution in [2.24, 2.45) is 0 Å². The molecule has 1 N–H and O–H groups in total. The Labute approximate surface area is 200 Å². The molecule has 0 spiro atoms. The molecule has 0 bridgehead atoms. The van der Waals surface area contributed by atoms with Gasteiger partial charge in [0.2, 0.25) is 0 Å². The maximum atomic E-state index is 13.6. The van der Waals surface area contributed by atoms with E-state index in [-0.39, 0.29) is 0 Å². The molecule has 3 aliphatic carbocycles. The van der Waals surface area contributed by atoms with Gasteiger partial charge < -0.3 is 9.47 Å². The summed E-state index contributed by atoms with van der Waals surface area (Å²) in [6, 6.07) is 7.15. The number of ether oxygens (including phenoxy) is 2. The molecule has 0 radical (unpaired) electrons. The molecule has 2 fully saturated rings. The molecule has 182 valence electrons. The Morgan fingerprint density at radius 3 is 1.94 bits per heavy atom. The Balaban J connectivity index is 2.00. The Morgan fingerprint density at radius 2 is 1.42 bits per heavy atom. The fraction of sp³-hybridized carbons (Fsp3) is 0.615. The van der Waals surface area contributed by atoms with Gasteiger partial charge in [0.05, 0.1) is 7.11 Å². The normalized spacial score (nSPS) is 29.5. The third-order valence-corrected chi connectivity index (χ3v) is 13.5. The number of hydrogen-bond acceptors (Lipinski definition) is 4. The lowest BCUT2D eigenvalue weighted by Crippen LogP contribution is -2.57. The zero-order valence-corrected chi connectivity index (χ0v) is 21.5. The first-order chi connectivity index (χ1) is 15.9. The van der Waals surface area contributed by atoms with Crippen LogP contribution in [0.3, 0.4) is 0 Å². The molecule has 7 heteroatoms. The highest BCUT2D eigenvalue weighted by molar-refractivity contribution is 7.87. The summed E-state index contributed by atoms with van der Waals surface area (Å²) in [5.74, 6) is 0.443. The fourth-order valence-electron chi connectivity index (χ4n) is 6.43. The smallest absolute Gasteiger partial charge is 0.282 e. The molecule has 3 aliphatic rings. The van der Waals surface area contributed by atoms with Crippen molar-refractivity contribution in [3.8, 4) is 5.75 Å². The van der Waals surface area contributed by atoms with Crippen molar-refractivity contribution in [2.75, 3.05) is 14.2 Å². The molecule has 1 aromatic rings. The molecule has 2 atom stereocenters. The highest BCUT2D eigenvalue weighted by atomic mass is 32.2. The molecule has 0 aliphatic heterocycles. The van der Waals surface area contributed by atoms with Crippen LogP contribution in [0.25, 0.3) is 0 Å². The summed E-state index contributed by atoms with van der Waals surface area (Å²) < 4.78 is 48.5. The molecule has 5 nitrogen and oxygen atoms in total. The maximum absolute atomic E-state index is 13.6. The average molecular weight is 493 g/mol. The van der Waals surface area contributed by atoms with E-state index in [1.54, 1.807) is 44.6 Å². The van der Waals surface area contributed by atoms with E-state index >= 15 is 0 Å². The van der Waals surface area contributed by atoms with Gasteiger partial charge in [0.1, 0.15) is 11.1 Å².